The minimum absolute atomic E-state index is 0.343. The molecule has 1 fully saturated rings. The Morgan fingerprint density at radius 2 is 2.00 bits per heavy atom. The van der Waals surface area contributed by atoms with E-state index in [1.165, 1.54) is 0 Å². The Bertz CT molecular complexity index is 432. The fourth-order valence-corrected chi connectivity index (χ4v) is 3.14. The molecule has 0 saturated carbocycles. The number of aromatic nitrogens is 2. The van der Waals surface area contributed by atoms with Crippen LogP contribution in [0, 0.1) is 0 Å². The van der Waals surface area contributed by atoms with Gasteiger partial charge in [0.05, 0.1) is 0 Å². The van der Waals surface area contributed by atoms with Crippen LogP contribution in [-0.4, -0.2) is 34.2 Å². The third kappa shape index (κ3) is 1.48. The molecule has 16 heavy (non-hydrogen) atoms. The number of hydrogen-bond acceptors (Lipinski definition) is 5. The lowest BCUT2D eigenvalue weighted by atomic mass is 10.1. The minimum Gasteiger partial charge on any atom is -0.382 e. The molecular formula is C10H14N4OS. The van der Waals surface area contributed by atoms with Crippen LogP contribution in [0.25, 0.3) is 0 Å². The van der Waals surface area contributed by atoms with Crippen molar-refractivity contribution < 1.29 is 4.79 Å². The summed E-state index contributed by atoms with van der Waals surface area (Å²) < 4.78 is 2.07. The standard InChI is InChI=1S/C10H14N4OS/c11-8-9(12-10-14(8)5-6-16-10)13-3-1-7(15)2-4-13/h1-6,11H2. The number of nitrogens with two attached hydrogens (primary N) is 1. The van der Waals surface area contributed by atoms with E-state index >= 15 is 0 Å². The molecule has 2 aliphatic rings. The highest BCUT2D eigenvalue weighted by Gasteiger charge is 2.25. The first-order chi connectivity index (χ1) is 7.75. The summed E-state index contributed by atoms with van der Waals surface area (Å²) >= 11 is 1.75. The Hall–Kier alpha value is -1.17. The zero-order valence-electron chi connectivity index (χ0n) is 8.98. The summed E-state index contributed by atoms with van der Waals surface area (Å²) in [6, 6.07) is 0. The maximum Gasteiger partial charge on any atom is 0.172 e. The Morgan fingerprint density at radius 3 is 2.69 bits per heavy atom. The molecule has 0 aliphatic carbocycles. The van der Waals surface area contributed by atoms with Gasteiger partial charge in [0.25, 0.3) is 0 Å². The van der Waals surface area contributed by atoms with Gasteiger partial charge < -0.3 is 15.2 Å². The van der Waals surface area contributed by atoms with Crippen LogP contribution in [-0.2, 0) is 11.3 Å². The molecule has 5 nitrogen and oxygen atoms in total. The maximum atomic E-state index is 11.2. The second kappa shape index (κ2) is 3.69. The van der Waals surface area contributed by atoms with Crippen molar-refractivity contribution >= 4 is 29.2 Å². The number of hydrogen-bond donors (Lipinski definition) is 1. The number of nitrogens with zero attached hydrogens (tertiary/aromatic N) is 3. The van der Waals surface area contributed by atoms with Crippen LogP contribution < -0.4 is 10.6 Å². The number of carbonyl (C=O) groups is 1. The van der Waals surface area contributed by atoms with E-state index in [9.17, 15) is 4.79 Å². The molecule has 0 amide bonds. The van der Waals surface area contributed by atoms with Crippen molar-refractivity contribution in [1.29, 1.82) is 0 Å². The van der Waals surface area contributed by atoms with Gasteiger partial charge >= 0.3 is 0 Å². The van der Waals surface area contributed by atoms with Crippen LogP contribution in [0.1, 0.15) is 12.8 Å². The molecule has 86 valence electrons. The summed E-state index contributed by atoms with van der Waals surface area (Å²) in [6.45, 7) is 2.46. The third-order valence-corrected chi connectivity index (χ3v) is 4.08. The van der Waals surface area contributed by atoms with Crippen molar-refractivity contribution in [2.45, 2.75) is 24.5 Å². The lowest BCUT2D eigenvalue weighted by Crippen LogP contribution is -2.34. The Morgan fingerprint density at radius 1 is 1.25 bits per heavy atom. The van der Waals surface area contributed by atoms with Crippen molar-refractivity contribution in [3.63, 3.8) is 0 Å². The molecular weight excluding hydrogens is 224 g/mol. The number of piperidine rings is 1. The number of imidazole rings is 1. The fraction of sp³-hybridized carbons (Fsp3) is 0.600. The van der Waals surface area contributed by atoms with Crippen LogP contribution in [0.2, 0.25) is 0 Å². The summed E-state index contributed by atoms with van der Waals surface area (Å²) in [5.74, 6) is 3.03. The second-order valence-corrected chi connectivity index (χ2v) is 5.19. The van der Waals surface area contributed by atoms with Crippen LogP contribution in [0.3, 0.4) is 0 Å². The summed E-state index contributed by atoms with van der Waals surface area (Å²) in [6.07, 6.45) is 1.24. The number of fused-ring (bicyclic) bond motifs is 1. The smallest absolute Gasteiger partial charge is 0.172 e. The molecule has 3 rings (SSSR count). The molecule has 0 bridgehead atoms. The number of thioether (sulfide) groups is 1. The summed E-state index contributed by atoms with van der Waals surface area (Å²) in [7, 11) is 0. The van der Waals surface area contributed by atoms with Crippen LogP contribution in [0.4, 0.5) is 11.6 Å². The Labute approximate surface area is 98.0 Å². The van der Waals surface area contributed by atoms with E-state index in [4.69, 9.17) is 5.73 Å². The van der Waals surface area contributed by atoms with Gasteiger partial charge in [0.15, 0.2) is 11.0 Å². The highest BCUT2D eigenvalue weighted by molar-refractivity contribution is 7.99. The molecule has 1 saturated heterocycles. The SMILES string of the molecule is Nc1c(N2CCC(=O)CC2)nc2n1CCS2. The van der Waals surface area contributed by atoms with E-state index in [2.05, 4.69) is 14.5 Å². The van der Waals surface area contributed by atoms with E-state index in [-0.39, 0.29) is 0 Å². The molecule has 0 unspecified atom stereocenters. The molecule has 0 atom stereocenters. The average Bonchev–Trinajstić information content (AvgIpc) is 2.84. The van der Waals surface area contributed by atoms with Crippen LogP contribution in [0.15, 0.2) is 5.16 Å². The molecule has 0 spiro atoms. The maximum absolute atomic E-state index is 11.2. The van der Waals surface area contributed by atoms with Crippen LogP contribution in [0.5, 0.6) is 0 Å². The van der Waals surface area contributed by atoms with Crippen molar-refractivity contribution in [3.05, 3.63) is 0 Å². The van der Waals surface area contributed by atoms with Gasteiger partial charge in [-0.15, -0.1) is 0 Å². The number of carbonyl (C=O) groups excluding carboxylic acids is 1. The van der Waals surface area contributed by atoms with Crippen molar-refractivity contribution in [2.75, 3.05) is 29.5 Å². The predicted octanol–water partition coefficient (Wildman–Crippen LogP) is 0.740. The molecule has 2 aliphatic heterocycles. The van der Waals surface area contributed by atoms with Crippen molar-refractivity contribution in [3.8, 4) is 0 Å². The zero-order chi connectivity index (χ0) is 11.1. The zero-order valence-corrected chi connectivity index (χ0v) is 9.79. The average molecular weight is 238 g/mol. The van der Waals surface area contributed by atoms with Gasteiger partial charge in [-0.3, -0.25) is 4.79 Å². The van der Waals surface area contributed by atoms with E-state index in [1.54, 1.807) is 11.8 Å². The van der Waals surface area contributed by atoms with Gasteiger partial charge in [-0.2, -0.15) is 0 Å². The number of nitrogen functional groups attached to an aromatic ring is 1. The van der Waals surface area contributed by atoms with E-state index in [0.29, 0.717) is 18.6 Å². The van der Waals surface area contributed by atoms with Gasteiger partial charge in [0.1, 0.15) is 11.6 Å². The molecule has 1 aromatic heterocycles. The van der Waals surface area contributed by atoms with Gasteiger partial charge in [0.2, 0.25) is 0 Å². The van der Waals surface area contributed by atoms with Gasteiger partial charge in [-0.1, -0.05) is 11.8 Å². The number of ketones is 1. The highest BCUT2D eigenvalue weighted by Crippen LogP contribution is 2.34. The van der Waals surface area contributed by atoms with Crippen LogP contribution >= 0.6 is 11.8 Å². The Balaban J connectivity index is 1.87. The Kier molecular flexibility index (Phi) is 2.31. The van der Waals surface area contributed by atoms with Gasteiger partial charge in [0, 0.05) is 38.2 Å². The lowest BCUT2D eigenvalue weighted by Gasteiger charge is -2.26. The third-order valence-electron chi connectivity index (χ3n) is 3.12. The van der Waals surface area contributed by atoms with E-state index in [1.807, 2.05) is 0 Å². The number of Topliss-reactive ketones (excluding diaryl/α,β-unsaturated/α-hetero) is 1. The summed E-state index contributed by atoms with van der Waals surface area (Å²) in [5, 5.41) is 1.02. The molecule has 6 heteroatoms. The van der Waals surface area contributed by atoms with E-state index in [0.717, 1.165) is 42.2 Å². The largest absolute Gasteiger partial charge is 0.382 e. The fourth-order valence-electron chi connectivity index (χ4n) is 2.19. The molecule has 1 aromatic rings. The minimum atomic E-state index is 0.343. The topological polar surface area (TPSA) is 64.2 Å². The lowest BCUT2D eigenvalue weighted by molar-refractivity contribution is -0.119. The first kappa shape index (κ1) is 10.0. The van der Waals surface area contributed by atoms with Gasteiger partial charge in [-0.05, 0) is 0 Å². The second-order valence-electron chi connectivity index (χ2n) is 4.13. The summed E-state index contributed by atoms with van der Waals surface area (Å²) in [4.78, 5) is 17.9. The molecule has 0 aromatic carbocycles. The summed E-state index contributed by atoms with van der Waals surface area (Å²) in [5.41, 5.74) is 6.08. The first-order valence-corrected chi connectivity index (χ1v) is 6.50. The van der Waals surface area contributed by atoms with E-state index < -0.39 is 0 Å². The highest BCUT2D eigenvalue weighted by atomic mass is 32.2. The first-order valence-electron chi connectivity index (χ1n) is 5.51. The number of rotatable bonds is 1. The quantitative estimate of drug-likeness (QED) is 0.782. The molecule has 3 heterocycles. The van der Waals surface area contributed by atoms with Gasteiger partial charge in [-0.25, -0.2) is 4.98 Å². The molecule has 2 N–H and O–H groups in total. The van der Waals surface area contributed by atoms with Crippen molar-refractivity contribution in [2.24, 2.45) is 0 Å². The van der Waals surface area contributed by atoms with Crippen molar-refractivity contribution in [1.82, 2.24) is 9.55 Å². The number of anilines is 2. The monoisotopic (exact) mass is 238 g/mol. The predicted molar refractivity (Wildman–Crippen MR) is 63.8 cm³/mol. The molecule has 0 radical (unpaired) electrons. The normalized spacial score (nSPS) is 20.2.